The van der Waals surface area contributed by atoms with Crippen LogP contribution in [0.2, 0.25) is 0 Å². The predicted octanol–water partition coefficient (Wildman–Crippen LogP) is 2.74. The summed E-state index contributed by atoms with van der Waals surface area (Å²) in [5.74, 6) is -2.31. The first-order chi connectivity index (χ1) is 11.9. The Morgan fingerprint density at radius 3 is 2.72 bits per heavy atom. The number of piperidine rings is 2. The number of aryl methyl sites for hydroxylation is 1. The molecule has 3 heterocycles. The molecular formula is C18H22F2N4O. The van der Waals surface area contributed by atoms with Gasteiger partial charge in [-0.05, 0) is 31.9 Å². The molecule has 134 valence electrons. The maximum atomic E-state index is 13.3. The summed E-state index contributed by atoms with van der Waals surface area (Å²) in [5.41, 5.74) is 1.32. The minimum Gasteiger partial charge on any atom is -0.355 e. The van der Waals surface area contributed by atoms with Crippen molar-refractivity contribution >= 4 is 11.7 Å². The van der Waals surface area contributed by atoms with Gasteiger partial charge in [-0.3, -0.25) is 4.79 Å². The van der Waals surface area contributed by atoms with Crippen molar-refractivity contribution in [3.05, 3.63) is 23.4 Å². The maximum Gasteiger partial charge on any atom is 0.251 e. The summed E-state index contributed by atoms with van der Waals surface area (Å²) in [5, 5.41) is 9.31. The van der Waals surface area contributed by atoms with E-state index in [4.69, 9.17) is 0 Å². The van der Waals surface area contributed by atoms with Crippen LogP contribution in [0, 0.1) is 24.2 Å². The summed E-state index contributed by atoms with van der Waals surface area (Å²) in [6.45, 7) is 3.33. The Balaban J connectivity index is 1.70. The number of pyridine rings is 1. The molecule has 0 radical (unpaired) electrons. The van der Waals surface area contributed by atoms with E-state index in [1.54, 1.807) is 17.0 Å². The van der Waals surface area contributed by atoms with Gasteiger partial charge in [0.1, 0.15) is 11.9 Å². The Morgan fingerprint density at radius 1 is 1.32 bits per heavy atom. The molecule has 0 N–H and O–H groups in total. The van der Waals surface area contributed by atoms with Gasteiger partial charge in [0.2, 0.25) is 5.91 Å². The summed E-state index contributed by atoms with van der Waals surface area (Å²) < 4.78 is 26.6. The van der Waals surface area contributed by atoms with Crippen LogP contribution in [0.1, 0.15) is 36.9 Å². The van der Waals surface area contributed by atoms with Gasteiger partial charge in [0.05, 0.1) is 11.5 Å². The quantitative estimate of drug-likeness (QED) is 0.824. The Hall–Kier alpha value is -2.23. The van der Waals surface area contributed by atoms with E-state index in [0.29, 0.717) is 17.9 Å². The molecule has 0 bridgehead atoms. The third kappa shape index (κ3) is 3.89. The molecule has 2 fully saturated rings. The summed E-state index contributed by atoms with van der Waals surface area (Å²) in [7, 11) is 0. The molecule has 0 saturated carbocycles. The van der Waals surface area contributed by atoms with E-state index in [9.17, 15) is 18.8 Å². The van der Waals surface area contributed by atoms with Gasteiger partial charge in [0.15, 0.2) is 0 Å². The molecule has 25 heavy (non-hydrogen) atoms. The van der Waals surface area contributed by atoms with E-state index in [1.165, 1.54) is 0 Å². The third-order valence-electron chi connectivity index (χ3n) is 5.01. The van der Waals surface area contributed by atoms with Crippen LogP contribution in [0.5, 0.6) is 0 Å². The molecule has 3 rings (SSSR count). The van der Waals surface area contributed by atoms with Crippen LogP contribution in [-0.2, 0) is 4.79 Å². The number of alkyl halides is 2. The monoisotopic (exact) mass is 348 g/mol. The molecule has 1 amide bonds. The average Bonchev–Trinajstić information content (AvgIpc) is 2.61. The first-order valence-corrected chi connectivity index (χ1v) is 8.69. The van der Waals surface area contributed by atoms with Crippen LogP contribution >= 0.6 is 0 Å². The highest BCUT2D eigenvalue weighted by Gasteiger charge is 2.38. The molecule has 0 spiro atoms. The number of carbonyl (C=O) groups excluding carboxylic acids is 1. The molecule has 1 unspecified atom stereocenters. The van der Waals surface area contributed by atoms with Crippen LogP contribution < -0.4 is 4.90 Å². The summed E-state index contributed by atoms with van der Waals surface area (Å²) in [6.07, 6.45) is 1.05. The molecular weight excluding hydrogens is 326 g/mol. The number of hydrogen-bond acceptors (Lipinski definition) is 4. The van der Waals surface area contributed by atoms with Gasteiger partial charge < -0.3 is 9.80 Å². The van der Waals surface area contributed by atoms with Crippen LogP contribution in [0.15, 0.2) is 12.1 Å². The zero-order valence-corrected chi connectivity index (χ0v) is 14.3. The van der Waals surface area contributed by atoms with Crippen molar-refractivity contribution in [3.63, 3.8) is 0 Å². The topological polar surface area (TPSA) is 60.2 Å². The lowest BCUT2D eigenvalue weighted by Gasteiger charge is -2.38. The standard InChI is InChI=1S/C18H22F2N4O/c1-13-4-5-14(11-21)16(22-13)24-8-2-3-15(12-24)17(25)23-9-6-18(19,20)7-10-23/h4-5,15H,2-3,6-10,12H2,1H3. The van der Waals surface area contributed by atoms with E-state index in [2.05, 4.69) is 11.1 Å². The maximum absolute atomic E-state index is 13.3. The highest BCUT2D eigenvalue weighted by atomic mass is 19.3. The molecule has 2 aliphatic rings. The first kappa shape index (κ1) is 17.6. The smallest absolute Gasteiger partial charge is 0.251 e. The second kappa shape index (κ2) is 6.95. The fourth-order valence-electron chi connectivity index (χ4n) is 3.55. The van der Waals surface area contributed by atoms with Crippen molar-refractivity contribution < 1.29 is 13.6 Å². The second-order valence-corrected chi connectivity index (χ2v) is 6.90. The lowest BCUT2D eigenvalue weighted by molar-refractivity contribution is -0.141. The molecule has 0 aromatic carbocycles. The average molecular weight is 348 g/mol. The van der Waals surface area contributed by atoms with Crippen molar-refractivity contribution in [2.75, 3.05) is 31.1 Å². The summed E-state index contributed by atoms with van der Waals surface area (Å²) >= 11 is 0. The van der Waals surface area contributed by atoms with E-state index < -0.39 is 5.92 Å². The number of nitrogens with zero attached hydrogens (tertiary/aromatic N) is 4. The van der Waals surface area contributed by atoms with E-state index in [-0.39, 0.29) is 37.8 Å². The number of amides is 1. The van der Waals surface area contributed by atoms with Crippen molar-refractivity contribution in [3.8, 4) is 6.07 Å². The number of rotatable bonds is 2. The number of carbonyl (C=O) groups is 1. The van der Waals surface area contributed by atoms with Crippen LogP contribution in [-0.4, -0.2) is 47.9 Å². The molecule has 2 aliphatic heterocycles. The lowest BCUT2D eigenvalue weighted by Crippen LogP contribution is -2.49. The van der Waals surface area contributed by atoms with E-state index >= 15 is 0 Å². The number of anilines is 1. The number of halogens is 2. The first-order valence-electron chi connectivity index (χ1n) is 8.69. The highest BCUT2D eigenvalue weighted by Crippen LogP contribution is 2.30. The summed E-state index contributed by atoms with van der Waals surface area (Å²) in [4.78, 5) is 20.8. The van der Waals surface area contributed by atoms with Gasteiger partial charge in [0.25, 0.3) is 5.92 Å². The van der Waals surface area contributed by atoms with Crippen molar-refractivity contribution in [2.24, 2.45) is 5.92 Å². The lowest BCUT2D eigenvalue weighted by atomic mass is 9.94. The normalized spacial score (nSPS) is 23.2. The molecule has 5 nitrogen and oxygen atoms in total. The predicted molar refractivity (Wildman–Crippen MR) is 89.4 cm³/mol. The Bertz CT molecular complexity index is 691. The van der Waals surface area contributed by atoms with Gasteiger partial charge in [-0.2, -0.15) is 5.26 Å². The second-order valence-electron chi connectivity index (χ2n) is 6.90. The van der Waals surface area contributed by atoms with Gasteiger partial charge in [0, 0.05) is 44.7 Å². The molecule has 1 atom stereocenters. The third-order valence-corrected chi connectivity index (χ3v) is 5.01. The summed E-state index contributed by atoms with van der Waals surface area (Å²) in [6, 6.07) is 5.69. The minimum atomic E-state index is -2.65. The SMILES string of the molecule is Cc1ccc(C#N)c(N2CCCC(C(=O)N3CCC(F)(F)CC3)C2)n1. The minimum absolute atomic E-state index is 0.0497. The van der Waals surface area contributed by atoms with Crippen LogP contribution in [0.25, 0.3) is 0 Å². The van der Waals surface area contributed by atoms with Gasteiger partial charge >= 0.3 is 0 Å². The Labute approximate surface area is 146 Å². The number of aromatic nitrogens is 1. The van der Waals surface area contributed by atoms with Gasteiger partial charge in [-0.15, -0.1) is 0 Å². The highest BCUT2D eigenvalue weighted by molar-refractivity contribution is 5.80. The van der Waals surface area contributed by atoms with E-state index in [1.807, 2.05) is 11.8 Å². The number of likely N-dealkylation sites (tertiary alicyclic amines) is 1. The molecule has 2 saturated heterocycles. The van der Waals surface area contributed by atoms with E-state index in [0.717, 1.165) is 25.1 Å². The van der Waals surface area contributed by atoms with Crippen LogP contribution in [0.3, 0.4) is 0 Å². The fourth-order valence-corrected chi connectivity index (χ4v) is 3.55. The zero-order valence-electron chi connectivity index (χ0n) is 14.3. The van der Waals surface area contributed by atoms with Crippen molar-refractivity contribution in [1.29, 1.82) is 5.26 Å². The number of hydrogen-bond donors (Lipinski definition) is 0. The molecule has 0 aliphatic carbocycles. The largest absolute Gasteiger partial charge is 0.355 e. The molecule has 1 aromatic heterocycles. The number of nitriles is 1. The van der Waals surface area contributed by atoms with Crippen molar-refractivity contribution in [1.82, 2.24) is 9.88 Å². The Morgan fingerprint density at radius 2 is 2.04 bits per heavy atom. The zero-order chi connectivity index (χ0) is 18.0. The fraction of sp³-hybridized carbons (Fsp3) is 0.611. The molecule has 1 aromatic rings. The van der Waals surface area contributed by atoms with Gasteiger partial charge in [-0.1, -0.05) is 0 Å². The Kier molecular flexibility index (Phi) is 4.89. The van der Waals surface area contributed by atoms with Gasteiger partial charge in [-0.25, -0.2) is 13.8 Å². The molecule has 7 heteroatoms. The van der Waals surface area contributed by atoms with Crippen LogP contribution in [0.4, 0.5) is 14.6 Å². The van der Waals surface area contributed by atoms with Crippen molar-refractivity contribution in [2.45, 2.75) is 38.5 Å².